The number of aryl methyl sites for hydroxylation is 1. The highest BCUT2D eigenvalue weighted by Crippen LogP contribution is 2.30. The Kier molecular flexibility index (Phi) is 9.25. The molecule has 0 bridgehead atoms. The van der Waals surface area contributed by atoms with Gasteiger partial charge in [0.2, 0.25) is 5.91 Å². The lowest BCUT2D eigenvalue weighted by Gasteiger charge is -2.21. The van der Waals surface area contributed by atoms with Crippen molar-refractivity contribution >= 4 is 17.5 Å². The smallest absolute Gasteiger partial charge is 0.350 e. The lowest BCUT2D eigenvalue weighted by atomic mass is 10.0. The summed E-state index contributed by atoms with van der Waals surface area (Å²) < 4.78 is 39.2. The SMILES string of the molecule is [NH3+][C@H]1CC[NH+](CC[C@H]([NH3+])C(=O)N[C@@H](CCc2ccccc2)C(=O)Nc2cccc(C(F)(F)F)c2)C1. The number of nitrogens with one attached hydrogen (secondary N) is 3. The number of amides is 2. The number of hydrogen-bond acceptors (Lipinski definition) is 2. The first-order valence-corrected chi connectivity index (χ1v) is 11.9. The molecule has 9 N–H and O–H groups in total. The molecular formula is C25H35F3N5O2+3. The number of quaternary nitrogens is 3. The highest BCUT2D eigenvalue weighted by Gasteiger charge is 2.32. The van der Waals surface area contributed by atoms with Gasteiger partial charge >= 0.3 is 6.18 Å². The van der Waals surface area contributed by atoms with Gasteiger partial charge in [-0.05, 0) is 36.6 Å². The molecule has 1 aliphatic rings. The summed E-state index contributed by atoms with van der Waals surface area (Å²) >= 11 is 0. The van der Waals surface area contributed by atoms with Crippen molar-refractivity contribution in [2.24, 2.45) is 0 Å². The van der Waals surface area contributed by atoms with Gasteiger partial charge in [-0.25, -0.2) is 0 Å². The van der Waals surface area contributed by atoms with E-state index in [0.717, 1.165) is 43.8 Å². The van der Waals surface area contributed by atoms with Gasteiger partial charge in [-0.3, -0.25) is 9.59 Å². The van der Waals surface area contributed by atoms with Crippen molar-refractivity contribution in [3.8, 4) is 0 Å². The minimum Gasteiger partial charge on any atom is -0.350 e. The van der Waals surface area contributed by atoms with Gasteiger partial charge in [-0.15, -0.1) is 0 Å². The van der Waals surface area contributed by atoms with E-state index in [4.69, 9.17) is 0 Å². The number of benzene rings is 2. The zero-order valence-corrected chi connectivity index (χ0v) is 19.7. The molecule has 1 unspecified atom stereocenters. The van der Waals surface area contributed by atoms with Crippen LogP contribution in [0.1, 0.15) is 30.4 Å². The summed E-state index contributed by atoms with van der Waals surface area (Å²) in [7, 11) is 0. The van der Waals surface area contributed by atoms with Crippen molar-refractivity contribution in [2.75, 3.05) is 25.0 Å². The standard InChI is InChI=1S/C25H32F3N5O2/c26-25(27,28)18-7-4-8-20(15-18)31-24(35)22(10-9-17-5-2-1-3-6-17)32-23(34)21(30)12-14-33-13-11-19(29)16-33/h1-8,15,19,21-22H,9-14,16,29-30H2,(H,31,35)(H,32,34)/p+3/t19-,21-,22-/m0/s1. The van der Waals surface area contributed by atoms with Crippen LogP contribution in [0.3, 0.4) is 0 Å². The molecule has 1 saturated heterocycles. The number of likely N-dealkylation sites (tertiary alicyclic amines) is 1. The number of anilines is 1. The molecule has 4 atom stereocenters. The van der Waals surface area contributed by atoms with E-state index in [1.165, 1.54) is 17.0 Å². The van der Waals surface area contributed by atoms with Gasteiger partial charge in [0.15, 0.2) is 6.04 Å². The fourth-order valence-electron chi connectivity index (χ4n) is 4.27. The van der Waals surface area contributed by atoms with Gasteiger partial charge in [0.25, 0.3) is 5.91 Å². The van der Waals surface area contributed by atoms with E-state index in [0.29, 0.717) is 25.3 Å². The molecule has 1 fully saturated rings. The van der Waals surface area contributed by atoms with Crippen molar-refractivity contribution < 1.29 is 39.1 Å². The Bertz CT molecular complexity index is 987. The lowest BCUT2D eigenvalue weighted by Crippen LogP contribution is -3.11. The fraction of sp³-hybridized carbons (Fsp3) is 0.440. The van der Waals surface area contributed by atoms with Crippen LogP contribution in [-0.4, -0.2) is 49.6 Å². The van der Waals surface area contributed by atoms with Crippen LogP contribution in [0.25, 0.3) is 0 Å². The third kappa shape index (κ3) is 8.34. The number of hydrogen-bond donors (Lipinski definition) is 5. The molecule has 0 aromatic heterocycles. The van der Waals surface area contributed by atoms with E-state index in [9.17, 15) is 22.8 Å². The van der Waals surface area contributed by atoms with E-state index < -0.39 is 29.7 Å². The molecule has 2 aromatic carbocycles. The molecule has 35 heavy (non-hydrogen) atoms. The summed E-state index contributed by atoms with van der Waals surface area (Å²) in [4.78, 5) is 27.3. The highest BCUT2D eigenvalue weighted by molar-refractivity contribution is 5.97. The maximum atomic E-state index is 13.1. The van der Waals surface area contributed by atoms with Gasteiger partial charge in [-0.1, -0.05) is 36.4 Å². The number of carbonyl (C=O) groups excluding carboxylic acids is 2. The molecule has 0 aliphatic carbocycles. The Morgan fingerprint density at radius 2 is 1.80 bits per heavy atom. The third-order valence-electron chi connectivity index (χ3n) is 6.36. The lowest BCUT2D eigenvalue weighted by molar-refractivity contribution is -0.893. The molecule has 1 aliphatic heterocycles. The molecule has 0 saturated carbocycles. The van der Waals surface area contributed by atoms with E-state index >= 15 is 0 Å². The van der Waals surface area contributed by atoms with E-state index in [-0.39, 0.29) is 11.6 Å². The maximum absolute atomic E-state index is 13.1. The van der Waals surface area contributed by atoms with Crippen LogP contribution in [-0.2, 0) is 22.2 Å². The number of carbonyl (C=O) groups is 2. The van der Waals surface area contributed by atoms with Crippen molar-refractivity contribution in [1.82, 2.24) is 5.32 Å². The van der Waals surface area contributed by atoms with E-state index in [2.05, 4.69) is 22.1 Å². The molecule has 2 amide bonds. The average Bonchev–Trinajstić information content (AvgIpc) is 3.25. The molecule has 0 radical (unpaired) electrons. The molecule has 7 nitrogen and oxygen atoms in total. The van der Waals surface area contributed by atoms with Crippen molar-refractivity contribution in [2.45, 2.75) is 50.0 Å². The summed E-state index contributed by atoms with van der Waals surface area (Å²) in [6.45, 7) is 2.81. The minimum absolute atomic E-state index is 0.0234. The second kappa shape index (κ2) is 12.1. The van der Waals surface area contributed by atoms with Crippen LogP contribution >= 0.6 is 0 Å². The van der Waals surface area contributed by atoms with Crippen LogP contribution < -0.4 is 27.0 Å². The predicted octanol–water partition coefficient (Wildman–Crippen LogP) is -0.339. The van der Waals surface area contributed by atoms with Crippen molar-refractivity contribution in [3.63, 3.8) is 0 Å². The van der Waals surface area contributed by atoms with Crippen LogP contribution in [0, 0.1) is 0 Å². The second-order valence-electron chi connectivity index (χ2n) is 9.25. The Hall–Kier alpha value is -2.95. The zero-order chi connectivity index (χ0) is 25.4. The quantitative estimate of drug-likeness (QED) is 0.311. The Labute approximate surface area is 203 Å². The van der Waals surface area contributed by atoms with Crippen LogP contribution in [0.2, 0.25) is 0 Å². The summed E-state index contributed by atoms with van der Waals surface area (Å²) in [5.74, 6) is -0.905. The second-order valence-corrected chi connectivity index (χ2v) is 9.25. The van der Waals surface area contributed by atoms with E-state index in [1.807, 2.05) is 30.3 Å². The summed E-state index contributed by atoms with van der Waals surface area (Å²) in [6.07, 6.45) is -2.05. The maximum Gasteiger partial charge on any atom is 0.416 e. The topological polar surface area (TPSA) is 118 Å². The monoisotopic (exact) mass is 494 g/mol. The average molecular weight is 495 g/mol. The summed E-state index contributed by atoms with van der Waals surface area (Å²) in [6, 6.07) is 12.9. The summed E-state index contributed by atoms with van der Waals surface area (Å²) in [5.41, 5.74) is 8.22. The largest absolute Gasteiger partial charge is 0.416 e. The van der Waals surface area contributed by atoms with Gasteiger partial charge < -0.3 is 27.0 Å². The number of alkyl halides is 3. The molecule has 2 aromatic rings. The third-order valence-corrected chi connectivity index (χ3v) is 6.36. The normalized spacial score (nSPS) is 19.7. The Morgan fingerprint density at radius 3 is 2.46 bits per heavy atom. The Balaban J connectivity index is 1.64. The first-order chi connectivity index (χ1) is 16.6. The van der Waals surface area contributed by atoms with Crippen molar-refractivity contribution in [3.05, 3.63) is 65.7 Å². The first-order valence-electron chi connectivity index (χ1n) is 11.9. The molecule has 10 heteroatoms. The fourth-order valence-corrected chi connectivity index (χ4v) is 4.27. The molecular weight excluding hydrogens is 459 g/mol. The van der Waals surface area contributed by atoms with Gasteiger partial charge in [-0.2, -0.15) is 13.2 Å². The molecule has 1 heterocycles. The first kappa shape index (κ1) is 26.7. The zero-order valence-electron chi connectivity index (χ0n) is 19.7. The predicted molar refractivity (Wildman–Crippen MR) is 125 cm³/mol. The van der Waals surface area contributed by atoms with Crippen molar-refractivity contribution in [1.29, 1.82) is 0 Å². The number of rotatable bonds is 10. The minimum atomic E-state index is -4.52. The summed E-state index contributed by atoms with van der Waals surface area (Å²) in [5, 5.41) is 5.31. The van der Waals surface area contributed by atoms with Gasteiger partial charge in [0.1, 0.15) is 18.6 Å². The van der Waals surface area contributed by atoms with Gasteiger partial charge in [0.05, 0.1) is 31.5 Å². The molecule has 0 spiro atoms. The number of halogens is 3. The highest BCUT2D eigenvalue weighted by atomic mass is 19.4. The van der Waals surface area contributed by atoms with Gasteiger partial charge in [0, 0.05) is 5.69 Å². The molecule has 3 rings (SSSR count). The van der Waals surface area contributed by atoms with Crippen LogP contribution in [0.4, 0.5) is 18.9 Å². The van der Waals surface area contributed by atoms with Crippen LogP contribution in [0.15, 0.2) is 54.6 Å². The van der Waals surface area contributed by atoms with E-state index in [1.54, 1.807) is 0 Å². The molecule has 190 valence electrons. The Morgan fingerprint density at radius 1 is 1.06 bits per heavy atom. The van der Waals surface area contributed by atoms with Crippen LogP contribution in [0.5, 0.6) is 0 Å².